The Morgan fingerprint density at radius 1 is 1.07 bits per heavy atom. The topological polar surface area (TPSA) is 148 Å². The van der Waals surface area contributed by atoms with Crippen LogP contribution in [0.5, 0.6) is 0 Å². The predicted molar refractivity (Wildman–Crippen MR) is 104 cm³/mol. The highest BCUT2D eigenvalue weighted by molar-refractivity contribution is 7.52. The fraction of sp³-hybridized carbons (Fsp3) is 1.00. The number of ether oxygens (including phenoxy) is 1. The van der Waals surface area contributed by atoms with Gasteiger partial charge < -0.3 is 24.7 Å². The van der Waals surface area contributed by atoms with Gasteiger partial charge in [0, 0.05) is 7.11 Å². The molecule has 0 rings (SSSR count). The molecule has 3 atom stereocenters. The van der Waals surface area contributed by atoms with Crippen molar-refractivity contribution in [3.8, 4) is 0 Å². The maximum Gasteiger partial charge on any atom is 0.508 e. The van der Waals surface area contributed by atoms with E-state index in [2.05, 4.69) is 0 Å². The van der Waals surface area contributed by atoms with Crippen LogP contribution < -0.4 is 0 Å². The lowest BCUT2D eigenvalue weighted by Crippen LogP contribution is -2.58. The van der Waals surface area contributed by atoms with Crippen LogP contribution in [-0.2, 0) is 13.9 Å². The van der Waals surface area contributed by atoms with Gasteiger partial charge in [0.2, 0.25) is 0 Å². The summed E-state index contributed by atoms with van der Waals surface area (Å²) in [6.45, 7) is 3.76. The van der Waals surface area contributed by atoms with Crippen molar-refractivity contribution in [1.82, 2.24) is 4.90 Å². The number of hydrogen-bond acceptors (Lipinski definition) is 6. The Morgan fingerprint density at radius 3 is 2.07 bits per heavy atom. The van der Waals surface area contributed by atoms with Gasteiger partial charge in [0.05, 0.1) is 31.0 Å². The van der Waals surface area contributed by atoms with E-state index < -0.39 is 26.8 Å². The number of aliphatic hydroxyl groups excluding tert-OH is 2. The van der Waals surface area contributed by atoms with Crippen LogP contribution in [0.15, 0.2) is 0 Å². The molecule has 9 nitrogen and oxygen atoms in total. The Balaban J connectivity index is 4.86. The predicted octanol–water partition coefficient (Wildman–Crippen LogP) is 1.30. The summed E-state index contributed by atoms with van der Waals surface area (Å²) in [6, 6.07) is 0. The second-order valence-corrected chi connectivity index (χ2v) is 10.7. The maximum atomic E-state index is 11.2. The third-order valence-electron chi connectivity index (χ3n) is 4.97. The number of hydrogen-bond donors (Lipinski definition) is 5. The van der Waals surface area contributed by atoms with Crippen LogP contribution in [-0.4, -0.2) is 86.7 Å². The molecule has 0 aliphatic carbocycles. The van der Waals surface area contributed by atoms with E-state index in [9.17, 15) is 19.3 Å². The molecule has 0 saturated carbocycles. The van der Waals surface area contributed by atoms with Crippen molar-refractivity contribution >= 4 is 15.6 Å². The molecule has 0 radical (unpaired) electrons. The summed E-state index contributed by atoms with van der Waals surface area (Å²) >= 11 is 0. The van der Waals surface area contributed by atoms with E-state index in [1.54, 1.807) is 6.92 Å². The van der Waals surface area contributed by atoms with E-state index in [4.69, 9.17) is 19.4 Å². The van der Waals surface area contributed by atoms with Gasteiger partial charge in [-0.3, -0.25) is 9.46 Å². The normalized spacial score (nSPS) is 15.8. The number of methoxy groups -OCH3 is 1. The van der Waals surface area contributed by atoms with E-state index in [1.807, 2.05) is 4.90 Å². The highest BCUT2D eigenvalue weighted by atomic mass is 31.2. The summed E-state index contributed by atoms with van der Waals surface area (Å²) in [5.74, 6) is 0. The Kier molecular flexibility index (Phi) is 13.3. The molecule has 162 valence electrons. The molecule has 11 heteroatoms. The highest BCUT2D eigenvalue weighted by Crippen LogP contribution is 2.43. The smallest absolute Gasteiger partial charge is 0.394 e. The first-order chi connectivity index (χ1) is 12.5. The molecule has 5 N–H and O–H groups in total. The van der Waals surface area contributed by atoms with E-state index in [-0.39, 0.29) is 25.5 Å². The number of rotatable bonds is 16. The molecule has 3 unspecified atom stereocenters. The Morgan fingerprint density at radius 2 is 1.63 bits per heavy atom. The van der Waals surface area contributed by atoms with Gasteiger partial charge in [-0.25, -0.2) is 0 Å². The van der Waals surface area contributed by atoms with Crippen LogP contribution in [0.3, 0.4) is 0 Å². The molecular weight excluding hydrogens is 396 g/mol. The molecule has 0 heterocycles. The SMILES string of the molecule is COCC(CO)(CO)N(CCCCC(C)P(=O)(O)O)CCCC(C)[P+](=O)O. The fourth-order valence-corrected chi connectivity index (χ4v) is 3.81. The average Bonchev–Trinajstić information content (AvgIpc) is 2.60. The minimum atomic E-state index is -4.08. The molecule has 0 bridgehead atoms. The van der Waals surface area contributed by atoms with Crippen LogP contribution in [0.1, 0.15) is 46.0 Å². The van der Waals surface area contributed by atoms with Crippen LogP contribution >= 0.6 is 15.6 Å². The lowest BCUT2D eigenvalue weighted by molar-refractivity contribution is -0.0598. The van der Waals surface area contributed by atoms with E-state index in [1.165, 1.54) is 14.0 Å². The molecule has 0 saturated heterocycles. The van der Waals surface area contributed by atoms with Gasteiger partial charge in [-0.1, -0.05) is 13.3 Å². The lowest BCUT2D eigenvalue weighted by Gasteiger charge is -2.41. The largest absolute Gasteiger partial charge is 0.508 e. The third kappa shape index (κ3) is 9.88. The molecule has 0 amide bonds. The van der Waals surface area contributed by atoms with E-state index >= 15 is 0 Å². The second kappa shape index (κ2) is 13.3. The molecule has 0 aromatic rings. The average molecular weight is 432 g/mol. The zero-order chi connectivity index (χ0) is 21.1. The maximum absolute atomic E-state index is 11.2. The van der Waals surface area contributed by atoms with Gasteiger partial charge >= 0.3 is 15.6 Å². The fourth-order valence-electron chi connectivity index (χ4n) is 2.89. The Labute approximate surface area is 162 Å². The summed E-state index contributed by atoms with van der Waals surface area (Å²) in [5, 5.41) is 19.7. The van der Waals surface area contributed by atoms with Crippen molar-refractivity contribution in [1.29, 1.82) is 0 Å². The molecule has 0 aliphatic heterocycles. The van der Waals surface area contributed by atoms with Crippen molar-refractivity contribution in [2.45, 2.75) is 62.8 Å². The first-order valence-corrected chi connectivity index (χ1v) is 12.2. The number of unbranched alkanes of at least 4 members (excludes halogenated alkanes) is 1. The molecule has 0 aromatic heterocycles. The zero-order valence-electron chi connectivity index (χ0n) is 16.5. The number of aliphatic hydroxyl groups is 2. The van der Waals surface area contributed by atoms with Crippen molar-refractivity contribution < 1.29 is 38.8 Å². The quantitative estimate of drug-likeness (QED) is 0.180. The minimum Gasteiger partial charge on any atom is -0.394 e. The van der Waals surface area contributed by atoms with Crippen molar-refractivity contribution in [2.75, 3.05) is 40.0 Å². The van der Waals surface area contributed by atoms with Crippen LogP contribution in [0.25, 0.3) is 0 Å². The van der Waals surface area contributed by atoms with Crippen LogP contribution in [0.2, 0.25) is 0 Å². The Bertz CT molecular complexity index is 469. The van der Waals surface area contributed by atoms with Crippen LogP contribution in [0, 0.1) is 0 Å². The zero-order valence-corrected chi connectivity index (χ0v) is 18.3. The van der Waals surface area contributed by atoms with Gasteiger partial charge in [-0.2, -0.15) is 4.89 Å². The van der Waals surface area contributed by atoms with Crippen molar-refractivity contribution in [3.63, 3.8) is 0 Å². The summed E-state index contributed by atoms with van der Waals surface area (Å²) in [4.78, 5) is 29.4. The molecule has 0 aliphatic rings. The van der Waals surface area contributed by atoms with Crippen molar-refractivity contribution in [3.05, 3.63) is 0 Å². The molecule has 0 aromatic carbocycles. The second-order valence-electron chi connectivity index (χ2n) is 7.19. The standard InChI is InChI=1S/C16H35NO8P2/c1-14(26(20)21)7-6-10-17(16(11-18,12-19)13-25-3)9-5-4-8-15(2)27(22,23)24/h14-15,18-19H,4-13H2,1-3H3,(H2-,20,21,22,23,24)/p+1. The molecule has 0 spiro atoms. The number of nitrogens with zero attached hydrogens (tertiary/aromatic N) is 1. The minimum absolute atomic E-state index is 0.128. The summed E-state index contributed by atoms with van der Waals surface area (Å²) in [6.07, 6.45) is 2.78. The first kappa shape index (κ1) is 27.0. The van der Waals surface area contributed by atoms with Gasteiger partial charge in [0.1, 0.15) is 0 Å². The van der Waals surface area contributed by atoms with Gasteiger partial charge in [0.25, 0.3) is 0 Å². The van der Waals surface area contributed by atoms with E-state index in [0.717, 1.165) is 0 Å². The summed E-state index contributed by atoms with van der Waals surface area (Å²) in [5.41, 5.74) is -1.99. The van der Waals surface area contributed by atoms with Gasteiger partial charge in [0.15, 0.2) is 5.66 Å². The van der Waals surface area contributed by atoms with Crippen LogP contribution in [0.4, 0.5) is 0 Å². The lowest BCUT2D eigenvalue weighted by atomic mass is 9.98. The third-order valence-corrected chi connectivity index (χ3v) is 7.39. The highest BCUT2D eigenvalue weighted by Gasteiger charge is 2.36. The Hall–Kier alpha value is 0.0500. The monoisotopic (exact) mass is 432 g/mol. The molecule has 27 heavy (non-hydrogen) atoms. The summed E-state index contributed by atoms with van der Waals surface area (Å²) < 4.78 is 27.5. The molecular formula is C16H36NO8P2+. The summed E-state index contributed by atoms with van der Waals surface area (Å²) in [7, 11) is -4.83. The van der Waals surface area contributed by atoms with Gasteiger partial charge in [-0.05, 0) is 50.3 Å². The molecule has 0 fully saturated rings. The first-order valence-electron chi connectivity index (χ1n) is 9.20. The van der Waals surface area contributed by atoms with E-state index in [0.29, 0.717) is 45.2 Å². The van der Waals surface area contributed by atoms with Gasteiger partial charge in [-0.15, -0.1) is 0 Å². The van der Waals surface area contributed by atoms with Crippen molar-refractivity contribution in [2.24, 2.45) is 0 Å².